The van der Waals surface area contributed by atoms with Crippen LogP contribution in [-0.4, -0.2) is 9.97 Å². The molecule has 0 saturated heterocycles. The standard InChI is InChI=1S/C16H16BrN3S/c1-3-11-9-19-16(21-11)10(2)20-15-13-5-4-6-14(17)12(13)7-8-18-15/h4-10H,3H2,1-2H3,(H,18,20). The lowest BCUT2D eigenvalue weighted by molar-refractivity contribution is 0.863. The van der Waals surface area contributed by atoms with Crippen LogP contribution in [0.1, 0.15) is 29.8 Å². The molecule has 0 aliphatic heterocycles. The van der Waals surface area contributed by atoms with E-state index in [9.17, 15) is 0 Å². The van der Waals surface area contributed by atoms with E-state index in [0.717, 1.165) is 32.5 Å². The molecule has 1 aromatic carbocycles. The second-order valence-electron chi connectivity index (χ2n) is 4.88. The Kier molecular flexibility index (Phi) is 4.22. The maximum atomic E-state index is 4.50. The Hall–Kier alpha value is -1.46. The summed E-state index contributed by atoms with van der Waals surface area (Å²) in [5, 5.41) is 6.86. The van der Waals surface area contributed by atoms with Crippen molar-refractivity contribution in [3.63, 3.8) is 0 Å². The second-order valence-corrected chi connectivity index (χ2v) is 6.88. The maximum absolute atomic E-state index is 4.50. The summed E-state index contributed by atoms with van der Waals surface area (Å²) in [7, 11) is 0. The van der Waals surface area contributed by atoms with Gasteiger partial charge in [0.2, 0.25) is 0 Å². The summed E-state index contributed by atoms with van der Waals surface area (Å²) in [6, 6.07) is 8.33. The van der Waals surface area contributed by atoms with Gasteiger partial charge < -0.3 is 5.32 Å². The number of hydrogen-bond donors (Lipinski definition) is 1. The molecule has 0 fully saturated rings. The van der Waals surface area contributed by atoms with Gasteiger partial charge >= 0.3 is 0 Å². The van der Waals surface area contributed by atoms with Crippen LogP contribution < -0.4 is 5.32 Å². The Labute approximate surface area is 136 Å². The molecule has 21 heavy (non-hydrogen) atoms. The van der Waals surface area contributed by atoms with Crippen LogP contribution in [0.3, 0.4) is 0 Å². The first-order valence-electron chi connectivity index (χ1n) is 6.93. The molecule has 3 aromatic rings. The molecule has 108 valence electrons. The van der Waals surface area contributed by atoms with Crippen molar-refractivity contribution in [2.45, 2.75) is 26.3 Å². The van der Waals surface area contributed by atoms with E-state index in [0.29, 0.717) is 0 Å². The van der Waals surface area contributed by atoms with E-state index in [2.05, 4.69) is 51.1 Å². The highest BCUT2D eigenvalue weighted by molar-refractivity contribution is 9.10. The predicted octanol–water partition coefficient (Wildman–Crippen LogP) is 5.19. The average Bonchev–Trinajstić information content (AvgIpc) is 2.97. The average molecular weight is 362 g/mol. The Morgan fingerprint density at radius 3 is 2.86 bits per heavy atom. The molecule has 3 nitrogen and oxygen atoms in total. The molecular formula is C16H16BrN3S. The molecule has 0 amide bonds. The number of halogens is 1. The lowest BCUT2D eigenvalue weighted by Gasteiger charge is -2.14. The zero-order chi connectivity index (χ0) is 14.8. The van der Waals surface area contributed by atoms with Gasteiger partial charge in [-0.15, -0.1) is 11.3 Å². The van der Waals surface area contributed by atoms with Crippen molar-refractivity contribution in [2.75, 3.05) is 5.32 Å². The minimum absolute atomic E-state index is 0.146. The molecule has 1 atom stereocenters. The third kappa shape index (κ3) is 2.94. The van der Waals surface area contributed by atoms with Crippen molar-refractivity contribution >= 4 is 43.9 Å². The summed E-state index contributed by atoms with van der Waals surface area (Å²) in [5.74, 6) is 0.898. The Morgan fingerprint density at radius 1 is 1.24 bits per heavy atom. The fourth-order valence-electron chi connectivity index (χ4n) is 2.24. The number of aromatic nitrogens is 2. The second kappa shape index (κ2) is 6.12. The number of anilines is 1. The largest absolute Gasteiger partial charge is 0.361 e. The van der Waals surface area contributed by atoms with Gasteiger partial charge in [-0.25, -0.2) is 9.97 Å². The molecule has 0 aliphatic carbocycles. The smallest absolute Gasteiger partial charge is 0.134 e. The fourth-order valence-corrected chi connectivity index (χ4v) is 3.59. The molecule has 0 aliphatic rings. The van der Waals surface area contributed by atoms with E-state index in [-0.39, 0.29) is 6.04 Å². The van der Waals surface area contributed by atoms with Crippen LogP contribution in [0.15, 0.2) is 41.1 Å². The number of nitrogens with zero attached hydrogens (tertiary/aromatic N) is 2. The topological polar surface area (TPSA) is 37.8 Å². The normalized spacial score (nSPS) is 12.5. The van der Waals surface area contributed by atoms with Gasteiger partial charge in [0, 0.05) is 32.5 Å². The van der Waals surface area contributed by atoms with Gasteiger partial charge in [-0.1, -0.05) is 35.0 Å². The summed E-state index contributed by atoms with van der Waals surface area (Å²) in [4.78, 5) is 10.3. The lowest BCUT2D eigenvalue weighted by Crippen LogP contribution is -2.07. The van der Waals surface area contributed by atoms with Crippen molar-refractivity contribution in [2.24, 2.45) is 0 Å². The van der Waals surface area contributed by atoms with Crippen LogP contribution in [0.5, 0.6) is 0 Å². The third-order valence-corrected chi connectivity index (χ3v) is 5.41. The zero-order valence-electron chi connectivity index (χ0n) is 11.9. The number of benzene rings is 1. The van der Waals surface area contributed by atoms with E-state index in [1.54, 1.807) is 11.3 Å². The van der Waals surface area contributed by atoms with Crippen LogP contribution in [0.2, 0.25) is 0 Å². The monoisotopic (exact) mass is 361 g/mol. The first kappa shape index (κ1) is 14.5. The summed E-state index contributed by atoms with van der Waals surface area (Å²) in [5.41, 5.74) is 0. The molecule has 0 bridgehead atoms. The minimum atomic E-state index is 0.146. The van der Waals surface area contributed by atoms with Crippen molar-refractivity contribution < 1.29 is 0 Å². The highest BCUT2D eigenvalue weighted by Crippen LogP contribution is 2.30. The van der Waals surface area contributed by atoms with Crippen molar-refractivity contribution in [3.05, 3.63) is 51.0 Å². The predicted molar refractivity (Wildman–Crippen MR) is 93.0 cm³/mol. The summed E-state index contributed by atoms with van der Waals surface area (Å²) in [6.07, 6.45) is 4.83. The number of rotatable bonds is 4. The van der Waals surface area contributed by atoms with Crippen molar-refractivity contribution in [1.29, 1.82) is 0 Å². The first-order valence-corrected chi connectivity index (χ1v) is 8.54. The van der Waals surface area contributed by atoms with Crippen LogP contribution in [0.4, 0.5) is 5.82 Å². The summed E-state index contributed by atoms with van der Waals surface area (Å²) < 4.78 is 1.08. The number of aryl methyl sites for hydroxylation is 1. The highest BCUT2D eigenvalue weighted by atomic mass is 79.9. The van der Waals surface area contributed by atoms with Crippen LogP contribution in [-0.2, 0) is 6.42 Å². The fraction of sp³-hybridized carbons (Fsp3) is 0.250. The molecule has 3 rings (SSSR count). The zero-order valence-corrected chi connectivity index (χ0v) is 14.3. The summed E-state index contributed by atoms with van der Waals surface area (Å²) >= 11 is 5.35. The Bertz CT molecular complexity index is 769. The number of nitrogens with one attached hydrogen (secondary N) is 1. The molecular weight excluding hydrogens is 346 g/mol. The molecule has 2 heterocycles. The molecule has 5 heteroatoms. The maximum Gasteiger partial charge on any atom is 0.134 e. The molecule has 0 saturated carbocycles. The Morgan fingerprint density at radius 2 is 2.10 bits per heavy atom. The number of pyridine rings is 1. The highest BCUT2D eigenvalue weighted by Gasteiger charge is 2.12. The molecule has 1 N–H and O–H groups in total. The quantitative estimate of drug-likeness (QED) is 0.694. The first-order chi connectivity index (χ1) is 10.2. The third-order valence-electron chi connectivity index (χ3n) is 3.40. The minimum Gasteiger partial charge on any atom is -0.361 e. The SMILES string of the molecule is CCc1cnc(C(C)Nc2nccc3c(Br)cccc23)s1. The lowest BCUT2D eigenvalue weighted by atomic mass is 10.1. The van der Waals surface area contributed by atoms with Crippen LogP contribution >= 0.6 is 27.3 Å². The van der Waals surface area contributed by atoms with E-state index in [1.807, 2.05) is 30.6 Å². The van der Waals surface area contributed by atoms with Gasteiger partial charge in [-0.3, -0.25) is 0 Å². The number of fused-ring (bicyclic) bond motifs is 1. The molecule has 0 spiro atoms. The van der Waals surface area contributed by atoms with Crippen molar-refractivity contribution in [3.8, 4) is 0 Å². The van der Waals surface area contributed by atoms with Gasteiger partial charge in [0.15, 0.2) is 0 Å². The van der Waals surface area contributed by atoms with Gasteiger partial charge in [0.25, 0.3) is 0 Å². The molecule has 1 unspecified atom stereocenters. The van der Waals surface area contributed by atoms with Gasteiger partial charge in [-0.05, 0) is 25.5 Å². The van der Waals surface area contributed by atoms with Gasteiger partial charge in [0.05, 0.1) is 6.04 Å². The summed E-state index contributed by atoms with van der Waals surface area (Å²) in [6.45, 7) is 4.27. The molecule has 0 radical (unpaired) electrons. The number of thiazole rings is 1. The van der Waals surface area contributed by atoms with Crippen molar-refractivity contribution in [1.82, 2.24) is 9.97 Å². The van der Waals surface area contributed by atoms with E-state index >= 15 is 0 Å². The van der Waals surface area contributed by atoms with Crippen LogP contribution in [0, 0.1) is 0 Å². The Balaban J connectivity index is 1.92. The number of hydrogen-bond acceptors (Lipinski definition) is 4. The molecule has 2 aromatic heterocycles. The van der Waals surface area contributed by atoms with E-state index in [4.69, 9.17) is 0 Å². The van der Waals surface area contributed by atoms with Gasteiger partial charge in [-0.2, -0.15) is 0 Å². The van der Waals surface area contributed by atoms with E-state index < -0.39 is 0 Å². The van der Waals surface area contributed by atoms with E-state index in [1.165, 1.54) is 4.88 Å². The van der Waals surface area contributed by atoms with Gasteiger partial charge in [0.1, 0.15) is 10.8 Å². The van der Waals surface area contributed by atoms with Crippen LogP contribution in [0.25, 0.3) is 10.8 Å².